The summed E-state index contributed by atoms with van der Waals surface area (Å²) < 4.78 is 11.6. The van der Waals surface area contributed by atoms with Crippen LogP contribution >= 0.6 is 22.2 Å². The van der Waals surface area contributed by atoms with Crippen LogP contribution in [0.15, 0.2) is 12.3 Å². The van der Waals surface area contributed by atoms with Crippen molar-refractivity contribution in [2.45, 2.75) is 32.7 Å². The van der Waals surface area contributed by atoms with E-state index < -0.39 is 23.8 Å². The Labute approximate surface area is 99.1 Å². The lowest BCUT2D eigenvalue weighted by atomic mass is 11.3. The largest absolute Gasteiger partial charge is 0.425 e. The Hall–Kier alpha value is 0.891. The Balaban J connectivity index is 4.42. The summed E-state index contributed by atoms with van der Waals surface area (Å²) in [6.45, 7) is 13.3. The van der Waals surface area contributed by atoms with E-state index in [1.165, 1.54) is 0 Å². The van der Waals surface area contributed by atoms with E-state index in [-0.39, 0.29) is 0 Å². The van der Waals surface area contributed by atoms with E-state index in [1.807, 2.05) is 32.7 Å². The average Bonchev–Trinajstić information content (AvgIpc) is 1.78. The summed E-state index contributed by atoms with van der Waals surface area (Å²) in [5, 5.41) is 0. The van der Waals surface area contributed by atoms with Crippen molar-refractivity contribution in [3.05, 3.63) is 12.3 Å². The fraction of sp³-hybridized carbons (Fsp3) is 0.714. The molecule has 0 aliphatic heterocycles. The van der Waals surface area contributed by atoms with Crippen molar-refractivity contribution in [1.82, 2.24) is 0 Å². The van der Waals surface area contributed by atoms with Crippen LogP contribution < -0.4 is 0 Å². The van der Waals surface area contributed by atoms with Crippen LogP contribution in [0.25, 0.3) is 0 Å². The number of rotatable bonds is 5. The standard InChI is InChI=1S/C7H18Cl2O2Si3/c1-7-14(6,9)11-13(4,5)10-12(2,3)8/h7H,1H2,2-6H3. The zero-order valence-corrected chi connectivity index (χ0v) is 13.9. The molecule has 0 saturated heterocycles. The van der Waals surface area contributed by atoms with E-state index in [1.54, 1.807) is 5.70 Å². The van der Waals surface area contributed by atoms with Gasteiger partial charge in [-0.05, 0) is 32.7 Å². The van der Waals surface area contributed by atoms with E-state index in [0.717, 1.165) is 0 Å². The molecule has 1 atom stereocenters. The maximum absolute atomic E-state index is 6.16. The molecule has 0 amide bonds. The summed E-state index contributed by atoms with van der Waals surface area (Å²) in [5.41, 5.74) is 1.69. The fourth-order valence-electron chi connectivity index (χ4n) is 1.13. The molecule has 0 fully saturated rings. The van der Waals surface area contributed by atoms with Gasteiger partial charge in [-0.15, -0.1) is 28.7 Å². The molecule has 0 radical (unpaired) electrons. The van der Waals surface area contributed by atoms with Crippen LogP contribution in [0, 0.1) is 0 Å². The molecule has 0 aromatic rings. The highest BCUT2D eigenvalue weighted by Gasteiger charge is 2.39. The second-order valence-corrected chi connectivity index (χ2v) is 18.7. The van der Waals surface area contributed by atoms with Crippen molar-refractivity contribution < 1.29 is 8.23 Å². The van der Waals surface area contributed by atoms with Crippen LogP contribution in [0.3, 0.4) is 0 Å². The summed E-state index contributed by atoms with van der Waals surface area (Å²) in [7, 11) is -6.55. The summed E-state index contributed by atoms with van der Waals surface area (Å²) >= 11 is 12.3. The molecule has 0 aliphatic carbocycles. The molecular weight excluding hydrogens is 271 g/mol. The zero-order chi connectivity index (χ0) is 11.6. The second kappa shape index (κ2) is 4.82. The third kappa shape index (κ3) is 7.22. The van der Waals surface area contributed by atoms with Gasteiger partial charge in [-0.1, -0.05) is 5.70 Å². The summed E-state index contributed by atoms with van der Waals surface area (Å²) in [4.78, 5) is 0. The number of hydrogen-bond acceptors (Lipinski definition) is 2. The first-order valence-corrected chi connectivity index (χ1v) is 14.6. The lowest BCUT2D eigenvalue weighted by Crippen LogP contribution is -2.49. The minimum atomic E-state index is -2.28. The number of hydrogen-bond donors (Lipinski definition) is 0. The van der Waals surface area contributed by atoms with Crippen LogP contribution in [-0.2, 0) is 8.23 Å². The third-order valence-corrected chi connectivity index (χ3v) is 11.4. The third-order valence-electron chi connectivity index (χ3n) is 1.30. The van der Waals surface area contributed by atoms with Crippen LogP contribution in [0.2, 0.25) is 32.7 Å². The molecule has 0 heterocycles. The van der Waals surface area contributed by atoms with Crippen molar-refractivity contribution in [2.75, 3.05) is 0 Å². The first kappa shape index (κ1) is 14.9. The molecule has 14 heavy (non-hydrogen) atoms. The van der Waals surface area contributed by atoms with Gasteiger partial charge in [0.2, 0.25) is 0 Å². The van der Waals surface area contributed by atoms with Gasteiger partial charge in [0, 0.05) is 0 Å². The van der Waals surface area contributed by atoms with E-state index in [4.69, 9.17) is 30.4 Å². The van der Waals surface area contributed by atoms with E-state index in [9.17, 15) is 0 Å². The van der Waals surface area contributed by atoms with E-state index in [0.29, 0.717) is 0 Å². The van der Waals surface area contributed by atoms with Gasteiger partial charge in [0.15, 0.2) is 0 Å². The smallest absolute Gasteiger partial charge is 0.312 e. The quantitative estimate of drug-likeness (QED) is 0.567. The van der Waals surface area contributed by atoms with Crippen molar-refractivity contribution >= 4 is 46.0 Å². The lowest BCUT2D eigenvalue weighted by Gasteiger charge is -2.33. The summed E-state index contributed by atoms with van der Waals surface area (Å²) in [6.07, 6.45) is 0. The van der Waals surface area contributed by atoms with Gasteiger partial charge < -0.3 is 8.23 Å². The maximum atomic E-state index is 6.16. The molecular formula is C7H18Cl2O2Si3. The minimum Gasteiger partial charge on any atom is -0.425 e. The number of halogens is 2. The molecule has 0 saturated carbocycles. The van der Waals surface area contributed by atoms with Crippen molar-refractivity contribution in [1.29, 1.82) is 0 Å². The van der Waals surface area contributed by atoms with Crippen LogP contribution in [-0.4, -0.2) is 23.8 Å². The van der Waals surface area contributed by atoms with Crippen LogP contribution in [0.1, 0.15) is 0 Å². The highest BCUT2D eigenvalue weighted by molar-refractivity contribution is 7.22. The normalized spacial score (nSPS) is 17.6. The Bertz CT molecular complexity index is 213. The molecule has 0 spiro atoms. The fourth-order valence-corrected chi connectivity index (χ4v) is 13.9. The molecule has 0 aliphatic rings. The molecule has 0 rings (SSSR count). The highest BCUT2D eigenvalue weighted by Crippen LogP contribution is 2.24. The van der Waals surface area contributed by atoms with Gasteiger partial charge in [0.05, 0.1) is 0 Å². The molecule has 0 bridgehead atoms. The van der Waals surface area contributed by atoms with Gasteiger partial charge in [-0.25, -0.2) is 0 Å². The molecule has 7 heteroatoms. The maximum Gasteiger partial charge on any atom is 0.312 e. The van der Waals surface area contributed by atoms with Crippen LogP contribution in [0.4, 0.5) is 0 Å². The molecule has 0 aromatic carbocycles. The first-order chi connectivity index (χ1) is 5.97. The molecule has 84 valence electrons. The van der Waals surface area contributed by atoms with Crippen molar-refractivity contribution in [3.8, 4) is 0 Å². The Morgan fingerprint density at radius 2 is 1.43 bits per heavy atom. The Morgan fingerprint density at radius 3 is 1.71 bits per heavy atom. The van der Waals surface area contributed by atoms with Crippen LogP contribution in [0.5, 0.6) is 0 Å². The summed E-state index contributed by atoms with van der Waals surface area (Å²) in [6, 6.07) is 0. The van der Waals surface area contributed by atoms with E-state index >= 15 is 0 Å². The highest BCUT2D eigenvalue weighted by atomic mass is 35.6. The predicted octanol–water partition coefficient (Wildman–Crippen LogP) is 3.70. The van der Waals surface area contributed by atoms with Gasteiger partial charge in [0.25, 0.3) is 7.63 Å². The molecule has 0 aromatic heterocycles. The Morgan fingerprint density at radius 1 is 1.00 bits per heavy atom. The monoisotopic (exact) mass is 288 g/mol. The average molecular weight is 289 g/mol. The van der Waals surface area contributed by atoms with Gasteiger partial charge in [-0.3, -0.25) is 0 Å². The molecule has 0 N–H and O–H groups in total. The van der Waals surface area contributed by atoms with Crippen molar-refractivity contribution in [2.24, 2.45) is 0 Å². The Kier molecular flexibility index (Phi) is 5.12. The minimum absolute atomic E-state index is 1.69. The summed E-state index contributed by atoms with van der Waals surface area (Å²) in [5.74, 6) is 0. The predicted molar refractivity (Wildman–Crippen MR) is 70.7 cm³/mol. The lowest BCUT2D eigenvalue weighted by molar-refractivity contribution is 0.409. The second-order valence-electron chi connectivity index (χ2n) is 4.16. The van der Waals surface area contributed by atoms with Gasteiger partial charge >= 0.3 is 16.2 Å². The SMILES string of the molecule is C=C[Si](C)(Cl)O[Si](C)(C)O[Si](C)(C)Cl. The van der Waals surface area contributed by atoms with Gasteiger partial charge in [-0.2, -0.15) is 0 Å². The topological polar surface area (TPSA) is 18.5 Å². The molecule has 1 unspecified atom stereocenters. The van der Waals surface area contributed by atoms with Crippen molar-refractivity contribution in [3.63, 3.8) is 0 Å². The molecule has 2 nitrogen and oxygen atoms in total. The zero-order valence-electron chi connectivity index (χ0n) is 9.36. The first-order valence-electron chi connectivity index (χ1n) is 4.39. The van der Waals surface area contributed by atoms with Gasteiger partial charge in [0.1, 0.15) is 0 Å². The van der Waals surface area contributed by atoms with E-state index in [2.05, 4.69) is 6.58 Å².